The largest absolute Gasteiger partial charge is 0.397 e. The molecule has 1 aromatic rings. The van der Waals surface area contributed by atoms with Gasteiger partial charge in [0.2, 0.25) is 5.91 Å². The summed E-state index contributed by atoms with van der Waals surface area (Å²) in [5.41, 5.74) is 7.49. The first-order chi connectivity index (χ1) is 9.15. The second-order valence-electron chi connectivity index (χ2n) is 4.89. The van der Waals surface area contributed by atoms with Crippen LogP contribution in [-0.2, 0) is 4.79 Å². The minimum absolute atomic E-state index is 0.111. The fourth-order valence-electron chi connectivity index (χ4n) is 2.35. The zero-order valence-electron chi connectivity index (χ0n) is 12.4. The van der Waals surface area contributed by atoms with Gasteiger partial charge in [0.15, 0.2) is 0 Å². The third kappa shape index (κ3) is 3.98. The Kier molecular flexibility index (Phi) is 6.40. The summed E-state index contributed by atoms with van der Waals surface area (Å²) in [5, 5.41) is 0. The summed E-state index contributed by atoms with van der Waals surface area (Å²) in [4.78, 5) is 14.5. The molecular weight excluding hydrogens is 236 g/mol. The molecule has 0 saturated heterocycles. The van der Waals surface area contributed by atoms with Crippen LogP contribution >= 0.6 is 0 Å². The predicted octanol–water partition coefficient (Wildman–Crippen LogP) is 3.84. The number of anilines is 2. The van der Waals surface area contributed by atoms with Crippen molar-refractivity contribution in [3.05, 3.63) is 24.3 Å². The van der Waals surface area contributed by atoms with Gasteiger partial charge in [-0.25, -0.2) is 0 Å². The van der Waals surface area contributed by atoms with E-state index >= 15 is 0 Å². The zero-order chi connectivity index (χ0) is 14.3. The molecule has 0 aromatic heterocycles. The minimum Gasteiger partial charge on any atom is -0.397 e. The SMILES string of the molecule is CCCCC(CC)C(=O)N(CC)c1ccccc1N. The standard InChI is InChI=1S/C16H26N2O/c1-4-7-10-13(5-2)16(19)18(6-3)15-12-9-8-11-14(15)17/h8-9,11-13H,4-7,10,17H2,1-3H3. The smallest absolute Gasteiger partial charge is 0.230 e. The first-order valence-electron chi connectivity index (χ1n) is 7.31. The van der Waals surface area contributed by atoms with Crippen molar-refractivity contribution < 1.29 is 4.79 Å². The highest BCUT2D eigenvalue weighted by molar-refractivity contribution is 5.97. The van der Waals surface area contributed by atoms with Crippen LogP contribution in [0, 0.1) is 5.92 Å². The Hall–Kier alpha value is -1.51. The monoisotopic (exact) mass is 262 g/mol. The molecule has 0 fully saturated rings. The van der Waals surface area contributed by atoms with E-state index in [9.17, 15) is 4.79 Å². The predicted molar refractivity (Wildman–Crippen MR) is 82.2 cm³/mol. The molecule has 0 heterocycles. The number of carbonyl (C=O) groups excluding carboxylic acids is 1. The van der Waals surface area contributed by atoms with E-state index < -0.39 is 0 Å². The molecule has 19 heavy (non-hydrogen) atoms. The fourth-order valence-corrected chi connectivity index (χ4v) is 2.35. The number of rotatable bonds is 7. The van der Waals surface area contributed by atoms with Gasteiger partial charge in [-0.15, -0.1) is 0 Å². The van der Waals surface area contributed by atoms with Crippen LogP contribution in [0.5, 0.6) is 0 Å². The molecule has 3 heteroatoms. The Morgan fingerprint density at radius 3 is 2.47 bits per heavy atom. The maximum Gasteiger partial charge on any atom is 0.230 e. The molecule has 1 unspecified atom stereocenters. The third-order valence-corrected chi connectivity index (χ3v) is 3.56. The van der Waals surface area contributed by atoms with E-state index in [-0.39, 0.29) is 11.8 Å². The van der Waals surface area contributed by atoms with Crippen molar-refractivity contribution in [3.8, 4) is 0 Å². The number of nitrogens with two attached hydrogens (primary N) is 1. The van der Waals surface area contributed by atoms with Crippen LogP contribution in [0.3, 0.4) is 0 Å². The van der Waals surface area contributed by atoms with E-state index in [2.05, 4.69) is 13.8 Å². The molecule has 1 rings (SSSR count). The van der Waals surface area contributed by atoms with Crippen LogP contribution in [0.2, 0.25) is 0 Å². The summed E-state index contributed by atoms with van der Waals surface area (Å²) in [6, 6.07) is 7.59. The molecular formula is C16H26N2O. The molecule has 3 nitrogen and oxygen atoms in total. The van der Waals surface area contributed by atoms with Crippen LogP contribution in [0.1, 0.15) is 46.5 Å². The molecule has 106 valence electrons. The van der Waals surface area contributed by atoms with Crippen molar-refractivity contribution >= 4 is 17.3 Å². The maximum atomic E-state index is 12.6. The minimum atomic E-state index is 0.111. The lowest BCUT2D eigenvalue weighted by atomic mass is 9.97. The second-order valence-corrected chi connectivity index (χ2v) is 4.89. The van der Waals surface area contributed by atoms with Gasteiger partial charge in [0, 0.05) is 12.5 Å². The average molecular weight is 262 g/mol. The number of hydrogen-bond acceptors (Lipinski definition) is 2. The number of para-hydroxylation sites is 2. The summed E-state index contributed by atoms with van der Waals surface area (Å²) in [5.74, 6) is 0.316. The first-order valence-corrected chi connectivity index (χ1v) is 7.31. The number of nitrogen functional groups attached to an aromatic ring is 1. The second kappa shape index (κ2) is 7.82. The van der Waals surface area contributed by atoms with Gasteiger partial charge in [-0.2, -0.15) is 0 Å². The molecule has 1 aromatic carbocycles. The van der Waals surface area contributed by atoms with E-state index in [0.717, 1.165) is 31.4 Å². The fraction of sp³-hybridized carbons (Fsp3) is 0.562. The lowest BCUT2D eigenvalue weighted by Gasteiger charge is -2.27. The lowest BCUT2D eigenvalue weighted by molar-refractivity contribution is -0.122. The first kappa shape index (κ1) is 15.5. The summed E-state index contributed by atoms with van der Waals surface area (Å²) in [6.45, 7) is 6.90. The van der Waals surface area contributed by atoms with Crippen LogP contribution in [0.15, 0.2) is 24.3 Å². The van der Waals surface area contributed by atoms with Gasteiger partial charge in [-0.1, -0.05) is 38.8 Å². The Bertz CT molecular complexity index is 403. The van der Waals surface area contributed by atoms with Crippen molar-refractivity contribution in [2.24, 2.45) is 5.92 Å². The molecule has 0 aliphatic rings. The van der Waals surface area contributed by atoms with E-state index in [1.54, 1.807) is 0 Å². The van der Waals surface area contributed by atoms with Crippen LogP contribution in [0.25, 0.3) is 0 Å². The number of unbranched alkanes of at least 4 members (excludes halogenated alkanes) is 1. The molecule has 0 bridgehead atoms. The number of carbonyl (C=O) groups is 1. The summed E-state index contributed by atoms with van der Waals surface area (Å²) < 4.78 is 0. The van der Waals surface area contributed by atoms with Crippen molar-refractivity contribution in [3.63, 3.8) is 0 Å². The molecule has 0 aliphatic heterocycles. The number of hydrogen-bond donors (Lipinski definition) is 1. The highest BCUT2D eigenvalue weighted by Crippen LogP contribution is 2.26. The Morgan fingerprint density at radius 2 is 1.95 bits per heavy atom. The summed E-state index contributed by atoms with van der Waals surface area (Å²) in [6.07, 6.45) is 4.09. The molecule has 1 atom stereocenters. The van der Waals surface area contributed by atoms with E-state index in [1.165, 1.54) is 0 Å². The molecule has 1 amide bonds. The molecule has 0 radical (unpaired) electrons. The maximum absolute atomic E-state index is 12.6. The lowest BCUT2D eigenvalue weighted by Crippen LogP contribution is -2.36. The van der Waals surface area contributed by atoms with E-state index in [1.807, 2.05) is 36.1 Å². The zero-order valence-corrected chi connectivity index (χ0v) is 12.4. The number of benzene rings is 1. The van der Waals surface area contributed by atoms with Gasteiger partial charge < -0.3 is 10.6 Å². The summed E-state index contributed by atoms with van der Waals surface area (Å²) in [7, 11) is 0. The van der Waals surface area contributed by atoms with Crippen molar-refractivity contribution in [1.82, 2.24) is 0 Å². The highest BCUT2D eigenvalue weighted by Gasteiger charge is 2.23. The molecule has 0 saturated carbocycles. The van der Waals surface area contributed by atoms with Gasteiger partial charge in [0.05, 0.1) is 11.4 Å². The Balaban J connectivity index is 2.90. The Morgan fingerprint density at radius 1 is 1.26 bits per heavy atom. The molecule has 0 aliphatic carbocycles. The van der Waals surface area contributed by atoms with E-state index in [4.69, 9.17) is 5.73 Å². The number of nitrogens with zero attached hydrogens (tertiary/aromatic N) is 1. The molecule has 0 spiro atoms. The van der Waals surface area contributed by atoms with Crippen LogP contribution < -0.4 is 10.6 Å². The highest BCUT2D eigenvalue weighted by atomic mass is 16.2. The number of amides is 1. The third-order valence-electron chi connectivity index (χ3n) is 3.56. The van der Waals surface area contributed by atoms with Crippen LogP contribution in [0.4, 0.5) is 11.4 Å². The van der Waals surface area contributed by atoms with Crippen molar-refractivity contribution in [1.29, 1.82) is 0 Å². The van der Waals surface area contributed by atoms with E-state index in [0.29, 0.717) is 12.2 Å². The Labute approximate surface area is 116 Å². The van der Waals surface area contributed by atoms with Crippen LogP contribution in [-0.4, -0.2) is 12.5 Å². The van der Waals surface area contributed by atoms with Gasteiger partial charge >= 0.3 is 0 Å². The van der Waals surface area contributed by atoms with Gasteiger partial charge in [-0.05, 0) is 31.9 Å². The van der Waals surface area contributed by atoms with Gasteiger partial charge in [-0.3, -0.25) is 4.79 Å². The van der Waals surface area contributed by atoms with Crippen molar-refractivity contribution in [2.75, 3.05) is 17.2 Å². The van der Waals surface area contributed by atoms with Gasteiger partial charge in [0.25, 0.3) is 0 Å². The topological polar surface area (TPSA) is 46.3 Å². The summed E-state index contributed by atoms with van der Waals surface area (Å²) >= 11 is 0. The van der Waals surface area contributed by atoms with Crippen molar-refractivity contribution in [2.45, 2.75) is 46.5 Å². The normalized spacial score (nSPS) is 12.2. The molecule has 2 N–H and O–H groups in total. The van der Waals surface area contributed by atoms with Gasteiger partial charge in [0.1, 0.15) is 0 Å². The quantitative estimate of drug-likeness (QED) is 0.759. The average Bonchev–Trinajstić information content (AvgIpc) is 2.42.